The Morgan fingerprint density at radius 1 is 0.912 bits per heavy atom. The third-order valence-electron chi connectivity index (χ3n) is 6.24. The van der Waals surface area contributed by atoms with Gasteiger partial charge in [0, 0.05) is 16.3 Å². The quantitative estimate of drug-likeness (QED) is 0.112. The van der Waals surface area contributed by atoms with Crippen LogP contribution in [-0.2, 0) is 30.4 Å². The van der Waals surface area contributed by atoms with Gasteiger partial charge in [0.05, 0.1) is 21.4 Å². The van der Waals surface area contributed by atoms with Gasteiger partial charge in [-0.05, 0) is 46.5 Å². The minimum absolute atomic E-state index is 0. The summed E-state index contributed by atoms with van der Waals surface area (Å²) in [5.41, 5.74) is 6.14. The van der Waals surface area contributed by atoms with Crippen molar-refractivity contribution in [1.82, 2.24) is 4.98 Å². The topological polar surface area (TPSA) is 30.0 Å². The molecule has 0 unspecified atom stereocenters. The molecule has 2 nitrogen and oxygen atoms in total. The predicted molar refractivity (Wildman–Crippen MR) is 153 cm³/mol. The van der Waals surface area contributed by atoms with Crippen molar-refractivity contribution in [3.05, 3.63) is 52.5 Å². The number of halogens is 1. The number of hydrogen-bond acceptors (Lipinski definition) is 2. The Balaban J connectivity index is 0.00000408. The average Bonchev–Trinajstić information content (AvgIpc) is 2.74. The van der Waals surface area contributed by atoms with Gasteiger partial charge in [-0.1, -0.05) is 107 Å². The molecule has 0 aliphatic rings. The molecule has 0 fully saturated rings. The third kappa shape index (κ3) is 6.17. The van der Waals surface area contributed by atoms with E-state index in [1.54, 1.807) is 0 Å². The molecule has 0 aliphatic carbocycles. The molecule has 0 bridgehead atoms. The van der Waals surface area contributed by atoms with Gasteiger partial charge in [0.1, 0.15) is 5.94 Å². The Bertz CT molecular complexity index is 1190. The van der Waals surface area contributed by atoms with E-state index in [1.807, 2.05) is 18.2 Å². The second-order valence-corrected chi connectivity index (χ2v) is 17.0. The summed E-state index contributed by atoms with van der Waals surface area (Å²) < 4.78 is 0. The Kier molecular flexibility index (Phi) is 10.9. The second kappa shape index (κ2) is 12.5. The second-order valence-electron chi connectivity index (χ2n) is 9.87. The molecule has 34 heavy (non-hydrogen) atoms. The van der Waals surface area contributed by atoms with E-state index in [9.17, 15) is 4.79 Å². The number of benzene rings is 2. The van der Waals surface area contributed by atoms with Crippen LogP contribution in [0.15, 0.2) is 36.4 Å². The number of para-hydroxylation sites is 1. The Labute approximate surface area is 225 Å². The van der Waals surface area contributed by atoms with E-state index in [0.717, 1.165) is 43.9 Å². The summed E-state index contributed by atoms with van der Waals surface area (Å²) in [7, 11) is -0.829. The molecule has 0 amide bonds. The number of pyridine rings is 1. The molecule has 1 radical (unpaired) electrons. The fourth-order valence-corrected chi connectivity index (χ4v) is 10.4. The zero-order valence-corrected chi connectivity index (χ0v) is 25.9. The van der Waals surface area contributed by atoms with E-state index in [4.69, 9.17) is 16.6 Å². The van der Waals surface area contributed by atoms with E-state index in [1.165, 1.54) is 5.56 Å². The van der Waals surface area contributed by atoms with Crippen LogP contribution in [0.3, 0.4) is 0 Å². The molecule has 0 N–H and O–H groups in total. The summed E-state index contributed by atoms with van der Waals surface area (Å²) >= 11 is 6.66. The van der Waals surface area contributed by atoms with Crippen molar-refractivity contribution >= 4 is 60.5 Å². The van der Waals surface area contributed by atoms with Crippen LogP contribution < -0.4 is 0 Å². The monoisotopic (exact) mass is 602 g/mol. The van der Waals surface area contributed by atoms with Gasteiger partial charge >= 0.3 is 19.5 Å². The SMILES string of the molecule is CC(C)P(Cc1ccc(Cl)c2cc3cccc(C(=C=O)P(C(C)C)C(C)C)c3nc12)C(C)C.[RuH+]. The fraction of sp³-hybridized carbons (Fsp3) is 0.464. The van der Waals surface area contributed by atoms with Crippen LogP contribution in [0.25, 0.3) is 27.1 Å². The zero-order valence-electron chi connectivity index (χ0n) is 21.5. The van der Waals surface area contributed by atoms with Crippen LogP contribution in [0.2, 0.25) is 5.02 Å². The molecule has 184 valence electrons. The van der Waals surface area contributed by atoms with Crippen LogP contribution in [0.4, 0.5) is 0 Å². The fourth-order valence-electron chi connectivity index (χ4n) is 4.80. The summed E-state index contributed by atoms with van der Waals surface area (Å²) in [6.07, 6.45) is 1.03. The van der Waals surface area contributed by atoms with Gasteiger partial charge in [-0.3, -0.25) is 0 Å². The van der Waals surface area contributed by atoms with Crippen molar-refractivity contribution in [2.45, 2.75) is 84.2 Å². The van der Waals surface area contributed by atoms with E-state index in [2.05, 4.69) is 79.5 Å². The van der Waals surface area contributed by atoms with Crippen LogP contribution in [-0.4, -0.2) is 33.6 Å². The summed E-state index contributed by atoms with van der Waals surface area (Å²) in [4.78, 5) is 17.5. The van der Waals surface area contributed by atoms with Crippen molar-refractivity contribution in [2.75, 3.05) is 0 Å². The number of aromatic nitrogens is 1. The van der Waals surface area contributed by atoms with Gasteiger partial charge < -0.3 is 0 Å². The first-order valence-corrected chi connectivity index (χ1v) is 15.4. The average molecular weight is 602 g/mol. The van der Waals surface area contributed by atoms with Crippen molar-refractivity contribution < 1.29 is 24.3 Å². The maximum absolute atomic E-state index is 12.3. The number of nitrogens with zero attached hydrogens (tertiary/aromatic N) is 1. The van der Waals surface area contributed by atoms with Gasteiger partial charge in [0.25, 0.3) is 0 Å². The summed E-state index contributed by atoms with van der Waals surface area (Å²) in [6.45, 7) is 18.1. The van der Waals surface area contributed by atoms with Crippen molar-refractivity contribution in [2.24, 2.45) is 0 Å². The van der Waals surface area contributed by atoms with Gasteiger partial charge in [-0.2, -0.15) is 0 Å². The van der Waals surface area contributed by atoms with Gasteiger partial charge in [0.2, 0.25) is 0 Å². The zero-order chi connectivity index (χ0) is 24.4. The molecule has 2 aromatic carbocycles. The Morgan fingerprint density at radius 2 is 1.53 bits per heavy atom. The van der Waals surface area contributed by atoms with Crippen LogP contribution in [0.5, 0.6) is 0 Å². The number of fused-ring (bicyclic) bond motifs is 2. The minimum atomic E-state index is -0.650. The number of carbonyl (C=O) groups excluding carboxylic acids is 1. The summed E-state index contributed by atoms with van der Waals surface area (Å²) in [5, 5.41) is 3.53. The molecule has 0 saturated carbocycles. The molecular weight excluding hydrogens is 565 g/mol. The first kappa shape index (κ1) is 29.6. The summed E-state index contributed by atoms with van der Waals surface area (Å²) in [6, 6.07) is 12.4. The number of hydrogen-bond donors (Lipinski definition) is 0. The third-order valence-corrected chi connectivity index (χ3v) is 13.0. The number of rotatable bonds is 8. The van der Waals surface area contributed by atoms with Crippen LogP contribution >= 0.6 is 27.4 Å². The molecule has 0 aliphatic heterocycles. The maximum atomic E-state index is 12.3. The molecule has 3 rings (SSSR count). The van der Waals surface area contributed by atoms with E-state index >= 15 is 0 Å². The van der Waals surface area contributed by atoms with Crippen molar-refractivity contribution in [1.29, 1.82) is 0 Å². The van der Waals surface area contributed by atoms with Crippen LogP contribution in [0.1, 0.15) is 66.5 Å². The summed E-state index contributed by atoms with van der Waals surface area (Å²) in [5.74, 6) is 2.34. The normalized spacial score (nSPS) is 12.0. The molecule has 1 aromatic heterocycles. The Morgan fingerprint density at radius 3 is 2.06 bits per heavy atom. The van der Waals surface area contributed by atoms with Crippen molar-refractivity contribution in [3.8, 4) is 0 Å². The van der Waals surface area contributed by atoms with E-state index in [-0.39, 0.29) is 27.4 Å². The molecule has 0 atom stereocenters. The molecule has 0 saturated heterocycles. The molecule has 3 aromatic rings. The molecular formula is C28H37ClNOP2Ru+. The van der Waals surface area contributed by atoms with Gasteiger partial charge in [-0.15, -0.1) is 0 Å². The van der Waals surface area contributed by atoms with Gasteiger partial charge in [0.15, 0.2) is 0 Å². The standard InChI is InChI=1S/C28H36ClNOP2.Ru.H/c1-17(2)32(18(3)4)16-22-12-13-25(29)24-14-21-10-9-11-23(27(21)30-28(22)24)26(15-31)33(19(5)6)20(7)8;;/h9-14,17-20H,16H2,1-8H3;;/q;+1;. The first-order valence-electron chi connectivity index (χ1n) is 11.9. The molecule has 6 heteroatoms. The van der Waals surface area contributed by atoms with E-state index < -0.39 is 7.92 Å². The molecule has 0 spiro atoms. The Hall–Kier alpha value is -0.667. The van der Waals surface area contributed by atoms with Crippen molar-refractivity contribution in [3.63, 3.8) is 0 Å². The predicted octanol–water partition coefficient (Wildman–Crippen LogP) is 9.04. The van der Waals surface area contributed by atoms with E-state index in [0.29, 0.717) is 22.6 Å². The molecule has 1 heterocycles. The van der Waals surface area contributed by atoms with Gasteiger partial charge in [-0.25, -0.2) is 9.78 Å². The van der Waals surface area contributed by atoms with Crippen LogP contribution in [0, 0.1) is 0 Å². The first-order chi connectivity index (χ1) is 15.6.